The van der Waals surface area contributed by atoms with E-state index >= 15 is 0 Å². The Labute approximate surface area is 82.2 Å². The summed E-state index contributed by atoms with van der Waals surface area (Å²) in [7, 11) is 0. The predicted octanol–water partition coefficient (Wildman–Crippen LogP) is -1.15. The van der Waals surface area contributed by atoms with Crippen molar-refractivity contribution in [3.63, 3.8) is 0 Å². The van der Waals surface area contributed by atoms with Crippen molar-refractivity contribution in [2.45, 2.75) is 26.7 Å². The summed E-state index contributed by atoms with van der Waals surface area (Å²) >= 11 is 0. The van der Waals surface area contributed by atoms with Gasteiger partial charge < -0.3 is 19.8 Å². The van der Waals surface area contributed by atoms with Crippen LogP contribution in [-0.4, -0.2) is 11.9 Å². The zero-order valence-corrected chi connectivity index (χ0v) is 8.20. The zero-order chi connectivity index (χ0) is 10.9. The first-order valence-corrected chi connectivity index (χ1v) is 4.50. The maximum Gasteiger partial charge on any atom is 0.0455 e. The molecule has 0 spiro atoms. The SMILES string of the molecule is CC1=C(C)C[C@@H](C(=O)[O-])[C@@H](C(=O)[O-])C1. The molecule has 14 heavy (non-hydrogen) atoms. The fraction of sp³-hybridized carbons (Fsp3) is 0.600. The van der Waals surface area contributed by atoms with Crippen LogP contribution in [-0.2, 0) is 9.59 Å². The molecular formula is C10H12O4-2. The Morgan fingerprint density at radius 2 is 1.29 bits per heavy atom. The second-order valence-electron chi connectivity index (χ2n) is 3.82. The van der Waals surface area contributed by atoms with E-state index in [0.717, 1.165) is 11.1 Å². The molecule has 0 aromatic rings. The molecule has 0 fully saturated rings. The lowest BCUT2D eigenvalue weighted by molar-refractivity contribution is -0.327. The van der Waals surface area contributed by atoms with Crippen molar-refractivity contribution in [2.75, 3.05) is 0 Å². The highest BCUT2D eigenvalue weighted by Gasteiger charge is 2.28. The number of carbonyl (C=O) groups is 2. The number of allylic oxidation sites excluding steroid dienone is 2. The van der Waals surface area contributed by atoms with E-state index in [-0.39, 0.29) is 12.8 Å². The minimum atomic E-state index is -1.30. The molecule has 0 N–H and O–H groups in total. The number of carbonyl (C=O) groups excluding carboxylic acids is 2. The summed E-state index contributed by atoms with van der Waals surface area (Å²) in [5.74, 6) is -4.48. The van der Waals surface area contributed by atoms with E-state index in [1.807, 2.05) is 13.8 Å². The summed E-state index contributed by atoms with van der Waals surface area (Å²) < 4.78 is 0. The van der Waals surface area contributed by atoms with E-state index < -0.39 is 23.8 Å². The molecule has 0 aliphatic heterocycles. The van der Waals surface area contributed by atoms with E-state index in [9.17, 15) is 19.8 Å². The van der Waals surface area contributed by atoms with Crippen LogP contribution in [0.1, 0.15) is 26.7 Å². The number of carboxylic acids is 2. The van der Waals surface area contributed by atoms with Crippen molar-refractivity contribution in [3.8, 4) is 0 Å². The molecule has 0 aromatic heterocycles. The zero-order valence-electron chi connectivity index (χ0n) is 8.20. The van der Waals surface area contributed by atoms with Gasteiger partial charge in [-0.1, -0.05) is 11.1 Å². The average molecular weight is 196 g/mol. The molecule has 1 aliphatic rings. The molecule has 0 amide bonds. The largest absolute Gasteiger partial charge is 0.550 e. The summed E-state index contributed by atoms with van der Waals surface area (Å²) in [6, 6.07) is 0. The monoisotopic (exact) mass is 196 g/mol. The average Bonchev–Trinajstić information content (AvgIpc) is 2.08. The van der Waals surface area contributed by atoms with Gasteiger partial charge in [0.2, 0.25) is 0 Å². The molecule has 1 rings (SSSR count). The van der Waals surface area contributed by atoms with Gasteiger partial charge in [0.25, 0.3) is 0 Å². The van der Waals surface area contributed by atoms with Crippen LogP contribution in [0.15, 0.2) is 11.1 Å². The van der Waals surface area contributed by atoms with Gasteiger partial charge in [0, 0.05) is 23.8 Å². The molecular weight excluding hydrogens is 184 g/mol. The predicted molar refractivity (Wildman–Crippen MR) is 44.6 cm³/mol. The lowest BCUT2D eigenvalue weighted by Gasteiger charge is -2.34. The smallest absolute Gasteiger partial charge is 0.0455 e. The number of carboxylic acid groups (broad SMARTS) is 2. The van der Waals surface area contributed by atoms with Gasteiger partial charge in [-0.15, -0.1) is 0 Å². The molecule has 0 heterocycles. The fourth-order valence-electron chi connectivity index (χ4n) is 1.79. The first-order chi connectivity index (χ1) is 6.43. The maximum absolute atomic E-state index is 10.7. The molecule has 0 bridgehead atoms. The van der Waals surface area contributed by atoms with Gasteiger partial charge in [0.1, 0.15) is 0 Å². The molecule has 1 aliphatic carbocycles. The van der Waals surface area contributed by atoms with Gasteiger partial charge in [-0.2, -0.15) is 0 Å². The van der Waals surface area contributed by atoms with E-state index in [1.54, 1.807) is 0 Å². The number of hydrogen-bond acceptors (Lipinski definition) is 4. The van der Waals surface area contributed by atoms with Crippen LogP contribution in [0.2, 0.25) is 0 Å². The Morgan fingerprint density at radius 1 is 1.00 bits per heavy atom. The summed E-state index contributed by atoms with van der Waals surface area (Å²) in [6.45, 7) is 3.63. The summed E-state index contributed by atoms with van der Waals surface area (Å²) in [5, 5.41) is 21.4. The van der Waals surface area contributed by atoms with E-state index in [0.29, 0.717) is 0 Å². The van der Waals surface area contributed by atoms with Crippen molar-refractivity contribution in [1.82, 2.24) is 0 Å². The highest BCUT2D eigenvalue weighted by Crippen LogP contribution is 2.33. The third-order valence-corrected chi connectivity index (χ3v) is 2.87. The minimum Gasteiger partial charge on any atom is -0.550 e. The normalized spacial score (nSPS) is 27.6. The molecule has 0 radical (unpaired) electrons. The highest BCUT2D eigenvalue weighted by atomic mass is 16.4. The van der Waals surface area contributed by atoms with Crippen LogP contribution >= 0.6 is 0 Å². The lowest BCUT2D eigenvalue weighted by Crippen LogP contribution is -2.45. The second-order valence-corrected chi connectivity index (χ2v) is 3.82. The molecule has 0 saturated carbocycles. The van der Waals surface area contributed by atoms with Gasteiger partial charge in [-0.3, -0.25) is 0 Å². The van der Waals surface area contributed by atoms with Crippen LogP contribution in [0.3, 0.4) is 0 Å². The van der Waals surface area contributed by atoms with Gasteiger partial charge in [-0.05, 0) is 26.7 Å². The topological polar surface area (TPSA) is 80.3 Å². The summed E-state index contributed by atoms with van der Waals surface area (Å²) in [4.78, 5) is 21.4. The van der Waals surface area contributed by atoms with Crippen LogP contribution < -0.4 is 10.2 Å². The maximum atomic E-state index is 10.7. The van der Waals surface area contributed by atoms with Gasteiger partial charge in [0.05, 0.1) is 0 Å². The Kier molecular flexibility index (Phi) is 2.93. The fourth-order valence-corrected chi connectivity index (χ4v) is 1.79. The first kappa shape index (κ1) is 10.8. The van der Waals surface area contributed by atoms with Crippen LogP contribution in [0.25, 0.3) is 0 Å². The number of hydrogen-bond donors (Lipinski definition) is 0. The van der Waals surface area contributed by atoms with Crippen LogP contribution in [0, 0.1) is 11.8 Å². The van der Waals surface area contributed by atoms with Gasteiger partial charge in [-0.25, -0.2) is 0 Å². The molecule has 0 saturated heterocycles. The van der Waals surface area contributed by atoms with E-state index in [1.165, 1.54) is 0 Å². The third-order valence-electron chi connectivity index (χ3n) is 2.87. The summed E-state index contributed by atoms with van der Waals surface area (Å²) in [5.41, 5.74) is 1.88. The third kappa shape index (κ3) is 1.95. The quantitative estimate of drug-likeness (QED) is 0.522. The second kappa shape index (κ2) is 3.82. The molecule has 2 atom stereocenters. The molecule has 0 aromatic carbocycles. The number of rotatable bonds is 2. The van der Waals surface area contributed by atoms with Crippen molar-refractivity contribution < 1.29 is 19.8 Å². The Bertz CT molecular complexity index is 273. The van der Waals surface area contributed by atoms with Crippen molar-refractivity contribution in [2.24, 2.45) is 11.8 Å². The molecule has 4 nitrogen and oxygen atoms in total. The van der Waals surface area contributed by atoms with E-state index in [4.69, 9.17) is 0 Å². The van der Waals surface area contributed by atoms with Crippen molar-refractivity contribution in [1.29, 1.82) is 0 Å². The summed E-state index contributed by atoms with van der Waals surface area (Å²) in [6.07, 6.45) is 0.514. The molecule has 78 valence electrons. The Morgan fingerprint density at radius 3 is 1.50 bits per heavy atom. The van der Waals surface area contributed by atoms with E-state index in [2.05, 4.69) is 0 Å². The minimum absolute atomic E-state index is 0.257. The first-order valence-electron chi connectivity index (χ1n) is 4.50. The van der Waals surface area contributed by atoms with Gasteiger partial charge >= 0.3 is 0 Å². The van der Waals surface area contributed by atoms with Crippen LogP contribution in [0.4, 0.5) is 0 Å². The Hall–Kier alpha value is -1.32. The standard InChI is InChI=1S/C10H14O4/c1-5-3-7(9(11)12)8(10(13)14)4-6(5)2/h7-8H,3-4H2,1-2H3,(H,11,12)(H,13,14)/p-2/t7-,8+. The molecule has 4 heteroatoms. The highest BCUT2D eigenvalue weighted by molar-refractivity contribution is 5.79. The van der Waals surface area contributed by atoms with Crippen molar-refractivity contribution in [3.05, 3.63) is 11.1 Å². The van der Waals surface area contributed by atoms with Gasteiger partial charge in [0.15, 0.2) is 0 Å². The Balaban J connectivity index is 2.95. The van der Waals surface area contributed by atoms with Crippen LogP contribution in [0.5, 0.6) is 0 Å². The van der Waals surface area contributed by atoms with Crippen molar-refractivity contribution >= 4 is 11.9 Å². The number of aliphatic carboxylic acids is 2. The molecule has 0 unspecified atom stereocenters. The lowest BCUT2D eigenvalue weighted by atomic mass is 9.76.